The highest BCUT2D eigenvalue weighted by atomic mass is 32.2. The SMILES string of the molecule is COCC1CCN(C2CS(=O)(=O)CC2O)CC1. The van der Waals surface area contributed by atoms with E-state index in [1.54, 1.807) is 7.11 Å². The predicted octanol–water partition coefficient (Wildman–Crippen LogP) is -0.497. The number of ether oxygens (including phenoxy) is 1. The second kappa shape index (κ2) is 5.22. The van der Waals surface area contributed by atoms with Gasteiger partial charge in [0, 0.05) is 13.7 Å². The first-order chi connectivity index (χ1) is 8.02. The van der Waals surface area contributed by atoms with Crippen LogP contribution in [0.5, 0.6) is 0 Å². The molecule has 100 valence electrons. The summed E-state index contributed by atoms with van der Waals surface area (Å²) in [5, 5.41) is 9.80. The maximum absolute atomic E-state index is 11.5. The topological polar surface area (TPSA) is 66.8 Å². The highest BCUT2D eigenvalue weighted by Gasteiger charge is 2.40. The number of sulfone groups is 1. The van der Waals surface area contributed by atoms with Gasteiger partial charge in [0.1, 0.15) is 0 Å². The highest BCUT2D eigenvalue weighted by Crippen LogP contribution is 2.24. The molecule has 2 aliphatic heterocycles. The first-order valence-electron chi connectivity index (χ1n) is 6.13. The molecule has 0 aromatic heterocycles. The zero-order valence-corrected chi connectivity index (χ0v) is 11.0. The average molecular weight is 263 g/mol. The van der Waals surface area contributed by atoms with Crippen molar-refractivity contribution in [1.82, 2.24) is 4.90 Å². The molecule has 2 saturated heterocycles. The van der Waals surface area contributed by atoms with Crippen LogP contribution >= 0.6 is 0 Å². The molecule has 2 unspecified atom stereocenters. The molecule has 0 aliphatic carbocycles. The summed E-state index contributed by atoms with van der Waals surface area (Å²) in [6.45, 7) is 2.51. The van der Waals surface area contributed by atoms with Gasteiger partial charge < -0.3 is 9.84 Å². The van der Waals surface area contributed by atoms with Gasteiger partial charge in [-0.1, -0.05) is 0 Å². The molecule has 5 nitrogen and oxygen atoms in total. The molecular formula is C11H21NO4S. The van der Waals surface area contributed by atoms with Crippen molar-refractivity contribution in [3.05, 3.63) is 0 Å². The fourth-order valence-electron chi connectivity index (χ4n) is 2.85. The van der Waals surface area contributed by atoms with Crippen LogP contribution in [0.4, 0.5) is 0 Å². The summed E-state index contributed by atoms with van der Waals surface area (Å²) in [4.78, 5) is 2.13. The van der Waals surface area contributed by atoms with Crippen molar-refractivity contribution in [2.24, 2.45) is 5.92 Å². The van der Waals surface area contributed by atoms with Gasteiger partial charge in [0.15, 0.2) is 9.84 Å². The average Bonchev–Trinajstić information content (AvgIpc) is 2.54. The van der Waals surface area contributed by atoms with Crippen molar-refractivity contribution in [3.8, 4) is 0 Å². The largest absolute Gasteiger partial charge is 0.390 e. The molecule has 0 bridgehead atoms. The van der Waals surface area contributed by atoms with Crippen LogP contribution < -0.4 is 0 Å². The predicted molar refractivity (Wildman–Crippen MR) is 64.6 cm³/mol. The van der Waals surface area contributed by atoms with E-state index < -0.39 is 15.9 Å². The van der Waals surface area contributed by atoms with E-state index in [0.29, 0.717) is 5.92 Å². The lowest BCUT2D eigenvalue weighted by molar-refractivity contribution is 0.0417. The minimum atomic E-state index is -3.03. The molecule has 2 heterocycles. The van der Waals surface area contributed by atoms with Crippen molar-refractivity contribution in [3.63, 3.8) is 0 Å². The molecule has 0 saturated carbocycles. The van der Waals surface area contributed by atoms with Crippen LogP contribution in [-0.4, -0.2) is 68.9 Å². The lowest BCUT2D eigenvalue weighted by Crippen LogP contribution is -2.47. The van der Waals surface area contributed by atoms with E-state index >= 15 is 0 Å². The van der Waals surface area contributed by atoms with E-state index in [2.05, 4.69) is 4.90 Å². The molecule has 1 N–H and O–H groups in total. The van der Waals surface area contributed by atoms with E-state index in [-0.39, 0.29) is 17.5 Å². The van der Waals surface area contributed by atoms with Gasteiger partial charge in [0.05, 0.1) is 23.7 Å². The Hall–Kier alpha value is -0.170. The smallest absolute Gasteiger partial charge is 0.154 e. The van der Waals surface area contributed by atoms with Crippen LogP contribution in [0, 0.1) is 5.92 Å². The molecule has 2 rings (SSSR count). The maximum Gasteiger partial charge on any atom is 0.154 e. The lowest BCUT2D eigenvalue weighted by Gasteiger charge is -2.36. The normalized spacial score (nSPS) is 35.2. The number of hydrogen-bond acceptors (Lipinski definition) is 5. The Bertz CT molecular complexity index is 348. The number of aliphatic hydroxyl groups is 1. The summed E-state index contributed by atoms with van der Waals surface area (Å²) in [6.07, 6.45) is 1.34. The summed E-state index contributed by atoms with van der Waals surface area (Å²) in [5.41, 5.74) is 0. The van der Waals surface area contributed by atoms with Gasteiger partial charge in [-0.2, -0.15) is 0 Å². The fourth-order valence-corrected chi connectivity index (χ4v) is 4.68. The first kappa shape index (κ1) is 13.3. The molecule has 17 heavy (non-hydrogen) atoms. The Kier molecular flexibility index (Phi) is 4.07. The summed E-state index contributed by atoms with van der Waals surface area (Å²) >= 11 is 0. The molecule has 0 spiro atoms. The molecule has 0 radical (unpaired) electrons. The first-order valence-corrected chi connectivity index (χ1v) is 7.95. The summed E-state index contributed by atoms with van der Waals surface area (Å²) in [6, 6.07) is -0.191. The Labute approximate surface area is 103 Å². The van der Waals surface area contributed by atoms with Gasteiger partial charge in [-0.15, -0.1) is 0 Å². The minimum Gasteiger partial charge on any atom is -0.390 e. The molecule has 0 aromatic carbocycles. The fraction of sp³-hybridized carbons (Fsp3) is 1.00. The number of aliphatic hydroxyl groups excluding tert-OH is 1. The Morgan fingerprint density at radius 3 is 2.41 bits per heavy atom. The van der Waals surface area contributed by atoms with Crippen LogP contribution in [0.2, 0.25) is 0 Å². The summed E-state index contributed by atoms with van der Waals surface area (Å²) in [7, 11) is -1.33. The number of piperidine rings is 1. The molecular weight excluding hydrogens is 242 g/mol. The van der Waals surface area contributed by atoms with Crippen LogP contribution in [-0.2, 0) is 14.6 Å². The summed E-state index contributed by atoms with van der Waals surface area (Å²) < 4.78 is 28.0. The highest BCUT2D eigenvalue weighted by molar-refractivity contribution is 7.91. The van der Waals surface area contributed by atoms with E-state index in [0.717, 1.165) is 32.5 Å². The van der Waals surface area contributed by atoms with Gasteiger partial charge >= 0.3 is 0 Å². The third-order valence-electron chi connectivity index (χ3n) is 3.81. The molecule has 2 aliphatic rings. The van der Waals surface area contributed by atoms with Crippen molar-refractivity contribution in [2.75, 3.05) is 38.3 Å². The number of rotatable bonds is 3. The van der Waals surface area contributed by atoms with E-state index in [1.165, 1.54) is 0 Å². The molecule has 2 atom stereocenters. The number of nitrogens with zero attached hydrogens (tertiary/aromatic N) is 1. The van der Waals surface area contributed by atoms with Crippen LogP contribution in [0.25, 0.3) is 0 Å². The van der Waals surface area contributed by atoms with Crippen molar-refractivity contribution >= 4 is 9.84 Å². The minimum absolute atomic E-state index is 0.0737. The third-order valence-corrected chi connectivity index (χ3v) is 5.51. The molecule has 0 amide bonds. The van der Waals surface area contributed by atoms with E-state index in [1.807, 2.05) is 0 Å². The standard InChI is InChI=1S/C11H21NO4S/c1-16-6-9-2-4-12(5-3-9)10-7-17(14,15)8-11(10)13/h9-11,13H,2-8H2,1H3. The molecule has 2 fully saturated rings. The Balaban J connectivity index is 1.89. The Morgan fingerprint density at radius 2 is 1.94 bits per heavy atom. The Morgan fingerprint density at radius 1 is 1.29 bits per heavy atom. The lowest BCUT2D eigenvalue weighted by atomic mass is 9.96. The van der Waals surface area contributed by atoms with Gasteiger partial charge in [-0.3, -0.25) is 4.90 Å². The van der Waals surface area contributed by atoms with Crippen LogP contribution in [0.1, 0.15) is 12.8 Å². The van der Waals surface area contributed by atoms with Crippen LogP contribution in [0.3, 0.4) is 0 Å². The van der Waals surface area contributed by atoms with Gasteiger partial charge in [0.25, 0.3) is 0 Å². The second-order valence-electron chi connectivity index (χ2n) is 5.15. The zero-order chi connectivity index (χ0) is 12.5. The van der Waals surface area contributed by atoms with Gasteiger partial charge in [-0.25, -0.2) is 8.42 Å². The zero-order valence-electron chi connectivity index (χ0n) is 10.2. The monoisotopic (exact) mass is 263 g/mol. The van der Waals surface area contributed by atoms with Crippen molar-refractivity contribution in [1.29, 1.82) is 0 Å². The van der Waals surface area contributed by atoms with Gasteiger partial charge in [-0.05, 0) is 31.8 Å². The quantitative estimate of drug-likeness (QED) is 0.744. The molecule has 0 aromatic rings. The summed E-state index contributed by atoms with van der Waals surface area (Å²) in [5.74, 6) is 0.616. The number of hydrogen-bond donors (Lipinski definition) is 1. The van der Waals surface area contributed by atoms with E-state index in [9.17, 15) is 13.5 Å². The number of likely N-dealkylation sites (tertiary alicyclic amines) is 1. The van der Waals surface area contributed by atoms with Crippen molar-refractivity contribution < 1.29 is 18.3 Å². The second-order valence-corrected chi connectivity index (χ2v) is 7.30. The van der Waals surface area contributed by atoms with Gasteiger partial charge in [0.2, 0.25) is 0 Å². The maximum atomic E-state index is 11.5. The van der Waals surface area contributed by atoms with Crippen molar-refractivity contribution in [2.45, 2.75) is 25.0 Å². The number of methoxy groups -OCH3 is 1. The third kappa shape index (κ3) is 3.19. The van der Waals surface area contributed by atoms with E-state index in [4.69, 9.17) is 4.74 Å². The molecule has 6 heteroatoms. The van der Waals surface area contributed by atoms with Crippen LogP contribution in [0.15, 0.2) is 0 Å².